The first-order chi connectivity index (χ1) is 21.4. The second kappa shape index (κ2) is 10.8. The molecule has 16 heteroatoms. The van der Waals surface area contributed by atoms with Crippen molar-refractivity contribution in [3.05, 3.63) is 35.4 Å². The Kier molecular flexibility index (Phi) is 7.11. The van der Waals surface area contributed by atoms with Crippen LogP contribution in [0.25, 0.3) is 32.2 Å². The summed E-state index contributed by atoms with van der Waals surface area (Å²) < 4.78 is 81.5. The summed E-state index contributed by atoms with van der Waals surface area (Å²) in [6.45, 7) is 2.91. The standard InChI is InChI=1S/C29H29F5N8O2S/c30-18-4-3-15(22-23(18)45-25(35)37-22)19-17(29(32,33)34)13-16-21(20(19)31)38-27(44-14-28-5-1-7-42(28)8-2-6-28)39-24(16)40-9-11-41(12-10-40)26(36)43/h3-4,13H,1-2,5-12,14H2,(H2,35,37)(H2,36,43). The maximum absolute atomic E-state index is 16.7. The van der Waals surface area contributed by atoms with E-state index in [4.69, 9.17) is 16.2 Å². The number of halogens is 5. The van der Waals surface area contributed by atoms with Crippen LogP contribution in [0.5, 0.6) is 6.01 Å². The largest absolute Gasteiger partial charge is 0.461 e. The van der Waals surface area contributed by atoms with Gasteiger partial charge in [-0.1, -0.05) is 11.3 Å². The number of carbonyl (C=O) groups is 1. The van der Waals surface area contributed by atoms with Crippen molar-refractivity contribution in [1.82, 2.24) is 24.8 Å². The molecule has 3 fully saturated rings. The van der Waals surface area contributed by atoms with Crippen molar-refractivity contribution >= 4 is 49.4 Å². The quantitative estimate of drug-likeness (QED) is 0.290. The molecule has 4 N–H and O–H groups in total. The Morgan fingerprint density at radius 1 is 1.00 bits per heavy atom. The van der Waals surface area contributed by atoms with E-state index in [0.717, 1.165) is 68.3 Å². The average Bonchev–Trinajstić information content (AvgIpc) is 3.70. The van der Waals surface area contributed by atoms with Gasteiger partial charge >= 0.3 is 18.2 Å². The van der Waals surface area contributed by atoms with E-state index in [1.807, 2.05) is 0 Å². The van der Waals surface area contributed by atoms with Crippen molar-refractivity contribution in [3.8, 4) is 17.1 Å². The van der Waals surface area contributed by atoms with Crippen LogP contribution in [0.4, 0.5) is 37.7 Å². The number of nitrogen functional groups attached to an aromatic ring is 1. The number of benzene rings is 2. The van der Waals surface area contributed by atoms with Crippen molar-refractivity contribution < 1.29 is 31.5 Å². The number of amides is 2. The van der Waals surface area contributed by atoms with Crippen LogP contribution in [0.1, 0.15) is 31.2 Å². The highest BCUT2D eigenvalue weighted by atomic mass is 32.1. The molecule has 7 rings (SSSR count). The minimum Gasteiger partial charge on any atom is -0.461 e. The van der Waals surface area contributed by atoms with Crippen LogP contribution in [0.2, 0.25) is 0 Å². The molecule has 0 atom stereocenters. The first-order valence-corrected chi connectivity index (χ1v) is 15.4. The summed E-state index contributed by atoms with van der Waals surface area (Å²) in [7, 11) is 0. The van der Waals surface area contributed by atoms with Crippen LogP contribution in [0.3, 0.4) is 0 Å². The summed E-state index contributed by atoms with van der Waals surface area (Å²) in [5, 5.41) is -0.255. The monoisotopic (exact) mass is 648 g/mol. The zero-order valence-electron chi connectivity index (χ0n) is 24.0. The highest BCUT2D eigenvalue weighted by molar-refractivity contribution is 7.22. The number of aromatic nitrogens is 3. The number of primary amides is 1. The molecular formula is C29H29F5N8O2S. The summed E-state index contributed by atoms with van der Waals surface area (Å²) in [5.41, 5.74) is 8.05. The van der Waals surface area contributed by atoms with Gasteiger partial charge in [0.1, 0.15) is 23.8 Å². The maximum atomic E-state index is 16.7. The number of alkyl halides is 3. The fraction of sp³-hybridized carbons (Fsp3) is 0.448. The van der Waals surface area contributed by atoms with E-state index in [0.29, 0.717) is 0 Å². The van der Waals surface area contributed by atoms with Crippen molar-refractivity contribution in [2.75, 3.05) is 56.5 Å². The van der Waals surface area contributed by atoms with Gasteiger partial charge in [0.15, 0.2) is 10.9 Å². The molecule has 3 aliphatic heterocycles. The van der Waals surface area contributed by atoms with E-state index in [9.17, 15) is 22.4 Å². The van der Waals surface area contributed by atoms with E-state index in [1.54, 1.807) is 4.90 Å². The number of ether oxygens (including phenoxy) is 1. The van der Waals surface area contributed by atoms with E-state index in [-0.39, 0.29) is 82.0 Å². The molecule has 0 unspecified atom stereocenters. The molecule has 2 aromatic heterocycles. The van der Waals surface area contributed by atoms with Crippen LogP contribution in [-0.4, -0.2) is 82.2 Å². The van der Waals surface area contributed by atoms with Crippen molar-refractivity contribution in [1.29, 1.82) is 0 Å². The molecule has 45 heavy (non-hydrogen) atoms. The Morgan fingerprint density at radius 3 is 2.38 bits per heavy atom. The number of piperazine rings is 1. The van der Waals surface area contributed by atoms with Crippen molar-refractivity contribution in [2.45, 2.75) is 37.4 Å². The highest BCUT2D eigenvalue weighted by Gasteiger charge is 2.45. The number of nitrogens with two attached hydrogens (primary N) is 2. The van der Waals surface area contributed by atoms with Crippen LogP contribution >= 0.6 is 11.3 Å². The van der Waals surface area contributed by atoms with Gasteiger partial charge in [-0.3, -0.25) is 4.90 Å². The predicted molar refractivity (Wildman–Crippen MR) is 159 cm³/mol. The molecule has 238 valence electrons. The molecular weight excluding hydrogens is 619 g/mol. The number of urea groups is 1. The lowest BCUT2D eigenvalue weighted by Crippen LogP contribution is -2.50. The van der Waals surface area contributed by atoms with Gasteiger partial charge in [0.25, 0.3) is 0 Å². The molecule has 0 aliphatic carbocycles. The molecule has 2 aromatic carbocycles. The zero-order valence-corrected chi connectivity index (χ0v) is 24.8. The SMILES string of the molecule is NC(=O)N1CCN(c2nc(OCC34CCCN3CCC4)nc3c(F)c(-c4ccc(F)c5sc(N)nc45)c(C(F)(F)F)cc23)CC1. The van der Waals surface area contributed by atoms with Crippen molar-refractivity contribution in [2.24, 2.45) is 5.73 Å². The lowest BCUT2D eigenvalue weighted by molar-refractivity contribution is -0.137. The number of hydrogen-bond acceptors (Lipinski definition) is 9. The normalized spacial score (nSPS) is 18.7. The number of thiazole rings is 1. The Labute approximate surface area is 257 Å². The predicted octanol–water partition coefficient (Wildman–Crippen LogP) is 4.99. The number of hydrogen-bond donors (Lipinski definition) is 2. The fourth-order valence-corrected chi connectivity index (χ4v) is 7.74. The third kappa shape index (κ3) is 5.03. The summed E-state index contributed by atoms with van der Waals surface area (Å²) >= 11 is 0.757. The number of carbonyl (C=O) groups excluding carboxylic acids is 1. The molecule has 3 saturated heterocycles. The van der Waals surface area contributed by atoms with E-state index < -0.39 is 35.0 Å². The van der Waals surface area contributed by atoms with Gasteiger partial charge in [-0.15, -0.1) is 0 Å². The molecule has 3 aliphatic rings. The minimum atomic E-state index is -5.02. The van der Waals surface area contributed by atoms with Crippen LogP contribution in [-0.2, 0) is 6.18 Å². The topological polar surface area (TPSA) is 127 Å². The summed E-state index contributed by atoms with van der Waals surface area (Å²) in [6, 6.07) is 2.05. The molecule has 10 nitrogen and oxygen atoms in total. The second-order valence-corrected chi connectivity index (χ2v) is 12.7. The molecule has 0 spiro atoms. The number of nitrogens with zero attached hydrogens (tertiary/aromatic N) is 6. The van der Waals surface area contributed by atoms with Gasteiger partial charge in [0.05, 0.1) is 21.3 Å². The Hall–Kier alpha value is -4.05. The van der Waals surface area contributed by atoms with Crippen LogP contribution in [0, 0.1) is 11.6 Å². The molecule has 2 amide bonds. The number of fused-ring (bicyclic) bond motifs is 3. The lowest BCUT2D eigenvalue weighted by Gasteiger charge is -2.35. The maximum Gasteiger partial charge on any atom is 0.417 e. The lowest BCUT2D eigenvalue weighted by atomic mass is 9.95. The van der Waals surface area contributed by atoms with Gasteiger partial charge in [-0.2, -0.15) is 23.1 Å². The minimum absolute atomic E-state index is 0.0458. The van der Waals surface area contributed by atoms with Gasteiger partial charge < -0.3 is 26.0 Å². The molecule has 0 saturated carbocycles. The van der Waals surface area contributed by atoms with Gasteiger partial charge in [0.2, 0.25) is 0 Å². The third-order valence-corrected chi connectivity index (χ3v) is 10.0. The van der Waals surface area contributed by atoms with Crippen LogP contribution in [0.15, 0.2) is 18.2 Å². The molecule has 0 radical (unpaired) electrons. The van der Waals surface area contributed by atoms with Crippen LogP contribution < -0.4 is 21.1 Å². The van der Waals surface area contributed by atoms with Crippen molar-refractivity contribution in [3.63, 3.8) is 0 Å². The summed E-state index contributed by atoms with van der Waals surface area (Å²) in [6.07, 6.45) is -1.14. The second-order valence-electron chi connectivity index (χ2n) is 11.7. The Balaban J connectivity index is 1.41. The number of anilines is 2. The Bertz CT molecular complexity index is 1810. The first kappa shape index (κ1) is 29.6. The van der Waals surface area contributed by atoms with E-state index in [1.165, 1.54) is 4.90 Å². The third-order valence-electron chi connectivity index (χ3n) is 9.15. The average molecular weight is 649 g/mol. The summed E-state index contributed by atoms with van der Waals surface area (Å²) in [5.74, 6) is -1.96. The van der Waals surface area contributed by atoms with Gasteiger partial charge in [-0.25, -0.2) is 18.6 Å². The summed E-state index contributed by atoms with van der Waals surface area (Å²) in [4.78, 5) is 30.1. The fourth-order valence-electron chi connectivity index (χ4n) is 6.98. The zero-order chi connectivity index (χ0) is 31.7. The van der Waals surface area contributed by atoms with Gasteiger partial charge in [-0.05, 0) is 57.0 Å². The van der Waals surface area contributed by atoms with Gasteiger partial charge in [0, 0.05) is 42.7 Å². The van der Waals surface area contributed by atoms with E-state index >= 15 is 4.39 Å². The Morgan fingerprint density at radius 2 is 1.71 bits per heavy atom. The van der Waals surface area contributed by atoms with E-state index in [2.05, 4.69) is 19.9 Å². The first-order valence-electron chi connectivity index (χ1n) is 14.6. The molecule has 0 bridgehead atoms. The smallest absolute Gasteiger partial charge is 0.417 e. The molecule has 4 aromatic rings. The molecule has 5 heterocycles. The highest BCUT2D eigenvalue weighted by Crippen LogP contribution is 2.46. The number of rotatable bonds is 5.